The average Bonchev–Trinajstić information content (AvgIpc) is 2.24. The summed E-state index contributed by atoms with van der Waals surface area (Å²) in [6, 6.07) is 7.47. The van der Waals surface area contributed by atoms with E-state index in [0.29, 0.717) is 0 Å². The van der Waals surface area contributed by atoms with Crippen LogP contribution in [0.3, 0.4) is 0 Å². The van der Waals surface area contributed by atoms with Crippen LogP contribution < -0.4 is 5.32 Å². The highest BCUT2D eigenvalue weighted by Gasteiger charge is 2.39. The molecule has 2 rings (SSSR count). The van der Waals surface area contributed by atoms with Crippen LogP contribution in [0.1, 0.15) is 42.4 Å². The van der Waals surface area contributed by atoms with Crippen LogP contribution in [0, 0.1) is 19.8 Å². The number of nitrogens with one attached hydrogen (secondary N) is 1. The maximum atomic E-state index is 3.44. The third-order valence-electron chi connectivity index (χ3n) is 4.43. The van der Waals surface area contributed by atoms with E-state index in [1.54, 1.807) is 5.56 Å². The van der Waals surface area contributed by atoms with Gasteiger partial charge in [0, 0.05) is 6.04 Å². The van der Waals surface area contributed by atoms with E-state index >= 15 is 0 Å². The summed E-state index contributed by atoms with van der Waals surface area (Å²) in [5.41, 5.74) is 4.51. The maximum Gasteiger partial charge on any atom is 0.0104 e. The minimum atomic E-state index is 0.731. The van der Waals surface area contributed by atoms with Crippen LogP contribution in [-0.4, -0.2) is 13.1 Å². The lowest BCUT2D eigenvalue weighted by molar-refractivity contribution is 0.168. The second-order valence-corrected chi connectivity index (χ2v) is 5.10. The Labute approximate surface area is 99.3 Å². The predicted molar refractivity (Wildman–Crippen MR) is 69.9 cm³/mol. The summed E-state index contributed by atoms with van der Waals surface area (Å²) >= 11 is 0. The number of aryl methyl sites for hydroxylation is 1. The molecule has 0 radical (unpaired) electrons. The molecule has 88 valence electrons. The van der Waals surface area contributed by atoms with Gasteiger partial charge in [0.05, 0.1) is 0 Å². The Balaban J connectivity index is 2.23. The molecule has 0 bridgehead atoms. The van der Waals surface area contributed by atoms with Crippen molar-refractivity contribution in [2.45, 2.75) is 45.6 Å². The van der Waals surface area contributed by atoms with E-state index in [9.17, 15) is 0 Å². The van der Waals surface area contributed by atoms with Gasteiger partial charge in [-0.25, -0.2) is 0 Å². The van der Waals surface area contributed by atoms with Gasteiger partial charge >= 0.3 is 0 Å². The first-order valence-corrected chi connectivity index (χ1v) is 6.42. The van der Waals surface area contributed by atoms with Crippen LogP contribution in [0.15, 0.2) is 18.2 Å². The Kier molecular flexibility index (Phi) is 3.34. The molecule has 0 aromatic heterocycles. The number of hydrogen-bond acceptors (Lipinski definition) is 1. The summed E-state index contributed by atoms with van der Waals surface area (Å²) in [4.78, 5) is 0. The minimum Gasteiger partial charge on any atom is -0.317 e. The normalized spacial score (nSPS) is 28.9. The van der Waals surface area contributed by atoms with Gasteiger partial charge in [-0.2, -0.15) is 0 Å². The van der Waals surface area contributed by atoms with Crippen molar-refractivity contribution < 1.29 is 0 Å². The Hall–Kier alpha value is -0.820. The summed E-state index contributed by atoms with van der Waals surface area (Å²) in [6.45, 7) is 6.80. The van der Waals surface area contributed by atoms with Gasteiger partial charge in [-0.3, -0.25) is 0 Å². The molecule has 1 nitrogen and oxygen atoms in total. The minimum absolute atomic E-state index is 0.731. The van der Waals surface area contributed by atoms with Crippen molar-refractivity contribution in [1.29, 1.82) is 0 Å². The highest BCUT2D eigenvalue weighted by Crippen LogP contribution is 2.45. The highest BCUT2D eigenvalue weighted by molar-refractivity contribution is 5.37. The molecule has 0 aliphatic heterocycles. The van der Waals surface area contributed by atoms with Gasteiger partial charge in [0.1, 0.15) is 0 Å². The van der Waals surface area contributed by atoms with Crippen molar-refractivity contribution in [3.05, 3.63) is 34.9 Å². The zero-order valence-corrected chi connectivity index (χ0v) is 10.9. The number of rotatable bonds is 3. The van der Waals surface area contributed by atoms with Crippen molar-refractivity contribution in [3.63, 3.8) is 0 Å². The zero-order chi connectivity index (χ0) is 11.7. The molecule has 3 atom stereocenters. The smallest absolute Gasteiger partial charge is 0.0104 e. The summed E-state index contributed by atoms with van der Waals surface area (Å²) in [7, 11) is 2.09. The Morgan fingerprint density at radius 1 is 1.31 bits per heavy atom. The molecular weight excluding hydrogens is 194 g/mol. The van der Waals surface area contributed by atoms with Crippen molar-refractivity contribution in [1.82, 2.24) is 5.32 Å². The van der Waals surface area contributed by atoms with Crippen molar-refractivity contribution in [3.8, 4) is 0 Å². The first-order valence-electron chi connectivity index (χ1n) is 6.42. The topological polar surface area (TPSA) is 12.0 Å². The fourth-order valence-electron chi connectivity index (χ4n) is 3.14. The highest BCUT2D eigenvalue weighted by atomic mass is 14.9. The molecule has 0 amide bonds. The van der Waals surface area contributed by atoms with Gasteiger partial charge in [-0.05, 0) is 55.8 Å². The molecule has 1 aliphatic carbocycles. The SMILES string of the molecule is CCC1C(NC)CC1c1cccc(C)c1C. The Morgan fingerprint density at radius 3 is 2.69 bits per heavy atom. The first kappa shape index (κ1) is 11.7. The molecule has 1 heteroatoms. The molecule has 1 fully saturated rings. The fraction of sp³-hybridized carbons (Fsp3) is 0.600. The van der Waals surface area contributed by atoms with Crippen LogP contribution in [0.2, 0.25) is 0 Å². The van der Waals surface area contributed by atoms with Crippen molar-refractivity contribution >= 4 is 0 Å². The third-order valence-corrected chi connectivity index (χ3v) is 4.43. The number of benzene rings is 1. The van der Waals surface area contributed by atoms with Gasteiger partial charge < -0.3 is 5.32 Å². The molecule has 1 saturated carbocycles. The molecular formula is C15H23N. The molecule has 16 heavy (non-hydrogen) atoms. The molecule has 1 aromatic rings. The van der Waals surface area contributed by atoms with E-state index in [1.165, 1.54) is 24.0 Å². The van der Waals surface area contributed by atoms with E-state index in [-0.39, 0.29) is 0 Å². The molecule has 1 aromatic carbocycles. The lowest BCUT2D eigenvalue weighted by atomic mass is 9.64. The van der Waals surface area contributed by atoms with Gasteiger partial charge in [0.15, 0.2) is 0 Å². The largest absolute Gasteiger partial charge is 0.317 e. The molecule has 1 N–H and O–H groups in total. The lowest BCUT2D eigenvalue weighted by Gasteiger charge is -2.45. The van der Waals surface area contributed by atoms with Crippen molar-refractivity contribution in [2.75, 3.05) is 7.05 Å². The standard InChI is InChI=1S/C15H23N/c1-5-12-14(9-15(12)16-4)13-8-6-7-10(2)11(13)3/h6-8,12,14-16H,5,9H2,1-4H3. The van der Waals surface area contributed by atoms with Crippen LogP contribution in [0.25, 0.3) is 0 Å². The van der Waals surface area contributed by atoms with Crippen molar-refractivity contribution in [2.24, 2.45) is 5.92 Å². The summed E-state index contributed by atoms with van der Waals surface area (Å²) in [5.74, 6) is 1.60. The zero-order valence-electron chi connectivity index (χ0n) is 10.9. The lowest BCUT2D eigenvalue weighted by Crippen LogP contribution is -2.47. The quantitative estimate of drug-likeness (QED) is 0.818. The van der Waals surface area contributed by atoms with Gasteiger partial charge in [0.2, 0.25) is 0 Å². The maximum absolute atomic E-state index is 3.44. The van der Waals surface area contributed by atoms with Crippen LogP contribution in [0.5, 0.6) is 0 Å². The summed E-state index contributed by atoms with van der Waals surface area (Å²) in [5, 5.41) is 3.44. The third kappa shape index (κ3) is 1.78. The van der Waals surface area contributed by atoms with E-state index in [1.807, 2.05) is 0 Å². The molecule has 0 heterocycles. The Bertz CT molecular complexity index is 370. The molecule has 0 saturated heterocycles. The van der Waals surface area contributed by atoms with Crippen LogP contribution in [0.4, 0.5) is 0 Å². The van der Waals surface area contributed by atoms with E-state index < -0.39 is 0 Å². The van der Waals surface area contributed by atoms with Crippen LogP contribution in [-0.2, 0) is 0 Å². The molecule has 0 spiro atoms. The van der Waals surface area contributed by atoms with Gasteiger partial charge in [-0.1, -0.05) is 31.5 Å². The summed E-state index contributed by atoms with van der Waals surface area (Å²) in [6.07, 6.45) is 2.59. The number of hydrogen-bond donors (Lipinski definition) is 1. The first-order chi connectivity index (χ1) is 7.69. The summed E-state index contributed by atoms with van der Waals surface area (Å²) < 4.78 is 0. The second kappa shape index (κ2) is 4.58. The molecule has 1 aliphatic rings. The average molecular weight is 217 g/mol. The fourth-order valence-corrected chi connectivity index (χ4v) is 3.14. The monoisotopic (exact) mass is 217 g/mol. The second-order valence-electron chi connectivity index (χ2n) is 5.10. The Morgan fingerprint density at radius 2 is 2.06 bits per heavy atom. The van der Waals surface area contributed by atoms with E-state index in [4.69, 9.17) is 0 Å². The van der Waals surface area contributed by atoms with Gasteiger partial charge in [-0.15, -0.1) is 0 Å². The van der Waals surface area contributed by atoms with Gasteiger partial charge in [0.25, 0.3) is 0 Å². The van der Waals surface area contributed by atoms with E-state index in [2.05, 4.69) is 51.3 Å². The predicted octanol–water partition coefficient (Wildman–Crippen LogP) is 3.40. The molecule has 3 unspecified atom stereocenters. The van der Waals surface area contributed by atoms with E-state index in [0.717, 1.165) is 17.9 Å². The van der Waals surface area contributed by atoms with Crippen LogP contribution >= 0.6 is 0 Å².